The average molecular weight is 307 g/mol. The first kappa shape index (κ1) is 14.0. The quantitative estimate of drug-likeness (QED) is 0.615. The van der Waals surface area contributed by atoms with Gasteiger partial charge in [-0.3, -0.25) is 0 Å². The van der Waals surface area contributed by atoms with E-state index in [1.807, 2.05) is 0 Å². The first-order chi connectivity index (χ1) is 7.74. The number of fused-ring (bicyclic) bond motifs is 1. The maximum absolute atomic E-state index is 11.8. The van der Waals surface area contributed by atoms with Crippen LogP contribution in [0.15, 0.2) is 27.5 Å². The molecule has 0 aliphatic heterocycles. The van der Waals surface area contributed by atoms with E-state index in [0.717, 1.165) is 0 Å². The molecule has 2 rings (SSSR count). The summed E-state index contributed by atoms with van der Waals surface area (Å²) in [5.41, 5.74) is -0.526. The molecule has 0 aliphatic carbocycles. The number of ether oxygens (including phenoxy) is 1. The van der Waals surface area contributed by atoms with Crippen molar-refractivity contribution in [2.45, 2.75) is 6.92 Å². The summed E-state index contributed by atoms with van der Waals surface area (Å²) >= 11 is 0. The van der Waals surface area contributed by atoms with E-state index >= 15 is 0 Å². The van der Waals surface area contributed by atoms with E-state index in [-0.39, 0.29) is 50.4 Å². The summed E-state index contributed by atoms with van der Waals surface area (Å²) in [5.74, 6) is -0.776. The molecule has 0 N–H and O–H groups in total. The Morgan fingerprint density at radius 1 is 1.59 bits per heavy atom. The van der Waals surface area contributed by atoms with Crippen LogP contribution in [0.4, 0.5) is 0 Å². The largest absolute Gasteiger partial charge is 0.461 e. The number of aromatic nitrogens is 1. The van der Waals surface area contributed by atoms with Crippen molar-refractivity contribution >= 4 is 16.9 Å². The average Bonchev–Trinajstić information content (AvgIpc) is 2.30. The number of benzene rings is 1. The topological polar surface area (TPSA) is 69.4 Å². The molecule has 1 aromatic carbocycles. The van der Waals surface area contributed by atoms with E-state index in [9.17, 15) is 9.59 Å². The van der Waals surface area contributed by atoms with E-state index in [1.54, 1.807) is 19.1 Å². The van der Waals surface area contributed by atoms with Crippen molar-refractivity contribution < 1.29 is 46.8 Å². The molecule has 0 atom stereocenters. The van der Waals surface area contributed by atoms with Crippen LogP contribution in [0.2, 0.25) is 0 Å². The van der Waals surface area contributed by atoms with Gasteiger partial charge >= 0.3 is 5.97 Å². The Morgan fingerprint density at radius 3 is 3.06 bits per heavy atom. The minimum absolute atomic E-state index is 0. The first-order valence-corrected chi connectivity index (χ1v) is 4.71. The molecule has 6 heteroatoms. The molecule has 0 bridgehead atoms. The van der Waals surface area contributed by atoms with Crippen LogP contribution in [0.5, 0.6) is 0 Å². The summed E-state index contributed by atoms with van der Waals surface area (Å²) in [5, 5.41) is 3.71. The Balaban J connectivity index is 0.00000144. The summed E-state index contributed by atoms with van der Waals surface area (Å²) < 4.78 is 9.61. The van der Waals surface area contributed by atoms with Gasteiger partial charge in [0.2, 0.25) is 5.69 Å². The maximum Gasteiger partial charge on any atom is 0.363 e. The minimum atomic E-state index is -0.776. The van der Waals surface area contributed by atoms with Crippen LogP contribution in [0.3, 0.4) is 0 Å². The van der Waals surface area contributed by atoms with E-state index in [4.69, 9.17) is 4.52 Å². The van der Waals surface area contributed by atoms with Gasteiger partial charge in [-0.15, -0.1) is 6.07 Å². The molecule has 1 heterocycles. The van der Waals surface area contributed by atoms with Crippen LogP contribution in [0.25, 0.3) is 11.0 Å². The summed E-state index contributed by atoms with van der Waals surface area (Å²) in [6.45, 7) is 1.83. The Labute approximate surface area is 122 Å². The number of carbonyl (C=O) groups is 1. The predicted molar refractivity (Wildman–Crippen MR) is 55.1 cm³/mol. The van der Waals surface area contributed by atoms with Gasteiger partial charge in [-0.05, 0) is 12.3 Å². The summed E-state index contributed by atoms with van der Waals surface area (Å²) in [7, 11) is 0. The van der Waals surface area contributed by atoms with Gasteiger partial charge in [0.25, 0.3) is 0 Å². The smallest absolute Gasteiger partial charge is 0.363 e. The molecular formula is C11H8NO4Y-. The molecular weight excluding hydrogens is 299 g/mol. The van der Waals surface area contributed by atoms with Crippen LogP contribution in [-0.4, -0.2) is 17.7 Å². The summed E-state index contributed by atoms with van der Waals surface area (Å²) in [4.78, 5) is 23.2. The number of carbonyl (C=O) groups excluding carboxylic acids is 1. The number of hydrogen-bond acceptors (Lipinski definition) is 5. The molecule has 0 unspecified atom stereocenters. The molecule has 0 saturated carbocycles. The second kappa shape index (κ2) is 6.03. The molecule has 1 radical (unpaired) electrons. The fraction of sp³-hybridized carbons (Fsp3) is 0.182. The Bertz CT molecular complexity index is 593. The Morgan fingerprint density at radius 2 is 2.35 bits per heavy atom. The zero-order chi connectivity index (χ0) is 11.5. The minimum Gasteiger partial charge on any atom is -0.461 e. The Kier molecular flexibility index (Phi) is 4.96. The number of esters is 1. The van der Waals surface area contributed by atoms with Gasteiger partial charge in [-0.1, -0.05) is 5.16 Å². The van der Waals surface area contributed by atoms with E-state index in [1.165, 1.54) is 6.07 Å². The van der Waals surface area contributed by atoms with Crippen molar-refractivity contribution in [3.8, 4) is 0 Å². The van der Waals surface area contributed by atoms with Crippen LogP contribution in [-0.2, 0) is 37.4 Å². The maximum atomic E-state index is 11.8. The van der Waals surface area contributed by atoms with Crippen molar-refractivity contribution in [3.63, 3.8) is 0 Å². The van der Waals surface area contributed by atoms with Crippen molar-refractivity contribution in [2.24, 2.45) is 0 Å². The standard InChI is InChI=1S/C11H8NO4.Y/c1-2-15-11(14)9-10(13)7-5-3-4-6-8(7)16-12-9;/h4-6H,2H2,1H3;/q-1;. The normalized spacial score (nSPS) is 9.71. The van der Waals surface area contributed by atoms with Gasteiger partial charge in [-0.25, -0.2) is 4.79 Å². The van der Waals surface area contributed by atoms with E-state index in [0.29, 0.717) is 5.58 Å². The number of rotatable bonds is 2. The molecule has 2 aromatic rings. The first-order valence-electron chi connectivity index (χ1n) is 4.71. The van der Waals surface area contributed by atoms with Crippen LogP contribution >= 0.6 is 0 Å². The molecule has 0 amide bonds. The molecule has 17 heavy (non-hydrogen) atoms. The van der Waals surface area contributed by atoms with Gasteiger partial charge in [-0.2, -0.15) is 18.2 Å². The van der Waals surface area contributed by atoms with Crippen molar-refractivity contribution in [1.82, 2.24) is 5.16 Å². The molecule has 0 fully saturated rings. The zero-order valence-electron chi connectivity index (χ0n) is 9.10. The fourth-order valence-electron chi connectivity index (χ4n) is 1.27. The summed E-state index contributed by atoms with van der Waals surface area (Å²) in [6.07, 6.45) is 0. The second-order valence-electron chi connectivity index (χ2n) is 3.00. The third-order valence-electron chi connectivity index (χ3n) is 1.99. The molecule has 0 spiro atoms. The molecule has 85 valence electrons. The predicted octanol–water partition coefficient (Wildman–Crippen LogP) is 1.16. The number of hydrogen-bond donors (Lipinski definition) is 0. The van der Waals surface area contributed by atoms with Gasteiger partial charge in [0.1, 0.15) is 0 Å². The van der Waals surface area contributed by atoms with Crippen LogP contribution in [0, 0.1) is 6.07 Å². The summed E-state index contributed by atoms with van der Waals surface area (Å²) in [6, 6.07) is 7.33. The monoisotopic (exact) mass is 307 g/mol. The van der Waals surface area contributed by atoms with Crippen molar-refractivity contribution in [1.29, 1.82) is 0 Å². The van der Waals surface area contributed by atoms with Crippen LogP contribution in [0.1, 0.15) is 17.4 Å². The molecule has 5 nitrogen and oxygen atoms in total. The van der Waals surface area contributed by atoms with Gasteiger partial charge in [0.15, 0.2) is 5.43 Å². The fourth-order valence-corrected chi connectivity index (χ4v) is 1.27. The van der Waals surface area contributed by atoms with Crippen molar-refractivity contribution in [3.05, 3.63) is 40.2 Å². The van der Waals surface area contributed by atoms with Gasteiger partial charge in [0.05, 0.1) is 12.2 Å². The van der Waals surface area contributed by atoms with E-state index in [2.05, 4.69) is 16.0 Å². The zero-order valence-corrected chi connectivity index (χ0v) is 11.9. The van der Waals surface area contributed by atoms with E-state index < -0.39 is 11.4 Å². The molecule has 1 aromatic heterocycles. The third-order valence-corrected chi connectivity index (χ3v) is 1.99. The number of nitrogens with zero attached hydrogens (tertiary/aromatic N) is 1. The van der Waals surface area contributed by atoms with Crippen molar-refractivity contribution in [2.75, 3.05) is 6.61 Å². The van der Waals surface area contributed by atoms with Gasteiger partial charge in [0, 0.05) is 32.7 Å². The Hall–Kier alpha value is -1.07. The molecule has 0 saturated heterocycles. The van der Waals surface area contributed by atoms with Gasteiger partial charge < -0.3 is 14.1 Å². The molecule has 0 aliphatic rings. The third kappa shape index (κ3) is 2.79. The second-order valence-corrected chi connectivity index (χ2v) is 3.00. The SMILES string of the molecule is CCOC(=O)c1noc2cc[c-]cc2c1=O.[Y]. The van der Waals surface area contributed by atoms with Crippen LogP contribution < -0.4 is 5.43 Å².